The van der Waals surface area contributed by atoms with Crippen molar-refractivity contribution in [3.63, 3.8) is 0 Å². The van der Waals surface area contributed by atoms with Crippen molar-refractivity contribution < 1.29 is 19.0 Å². The molecule has 0 radical (unpaired) electrons. The molecule has 0 spiro atoms. The molecular weight excluding hydrogens is 390 g/mol. The summed E-state index contributed by atoms with van der Waals surface area (Å²) in [4.78, 5) is 12.0. The van der Waals surface area contributed by atoms with E-state index < -0.39 is 5.97 Å². The molecule has 1 N–H and O–H groups in total. The minimum absolute atomic E-state index is 0.135. The van der Waals surface area contributed by atoms with Gasteiger partial charge in [0.15, 0.2) is 17.2 Å². The number of benzene rings is 1. The maximum absolute atomic E-state index is 12.0. The highest BCUT2D eigenvalue weighted by Gasteiger charge is 2.22. The normalized spacial score (nSPS) is 10.6. The SMILES string of the molecule is CCCCOc1c(Br)cc(-c2n[nH]nc2C(=O)OCC)cc1OCC. The molecule has 2 aromatic rings. The average molecular weight is 412 g/mol. The number of ether oxygens (including phenoxy) is 3. The van der Waals surface area contributed by atoms with E-state index in [-0.39, 0.29) is 12.3 Å². The van der Waals surface area contributed by atoms with Crippen molar-refractivity contribution in [3.05, 3.63) is 22.3 Å². The van der Waals surface area contributed by atoms with Crippen molar-refractivity contribution in [3.8, 4) is 22.8 Å². The summed E-state index contributed by atoms with van der Waals surface area (Å²) in [6.07, 6.45) is 2.00. The first kappa shape index (κ1) is 19.2. The van der Waals surface area contributed by atoms with Gasteiger partial charge in [0.2, 0.25) is 0 Å². The predicted molar refractivity (Wildman–Crippen MR) is 97.0 cm³/mol. The first-order valence-corrected chi connectivity index (χ1v) is 9.08. The van der Waals surface area contributed by atoms with E-state index in [1.807, 2.05) is 13.0 Å². The number of carbonyl (C=O) groups is 1. The Hall–Kier alpha value is -2.09. The minimum Gasteiger partial charge on any atom is -0.490 e. The molecular formula is C17H22BrN3O4. The van der Waals surface area contributed by atoms with Crippen LogP contribution in [0.5, 0.6) is 11.5 Å². The summed E-state index contributed by atoms with van der Waals surface area (Å²) in [5.41, 5.74) is 1.21. The molecule has 2 rings (SSSR count). The summed E-state index contributed by atoms with van der Waals surface area (Å²) in [6.45, 7) is 7.10. The number of rotatable bonds is 9. The van der Waals surface area contributed by atoms with E-state index in [4.69, 9.17) is 14.2 Å². The zero-order chi connectivity index (χ0) is 18.2. The third kappa shape index (κ3) is 4.72. The number of nitrogens with one attached hydrogen (secondary N) is 1. The molecule has 0 aliphatic rings. The number of esters is 1. The lowest BCUT2D eigenvalue weighted by molar-refractivity contribution is 0.0520. The Morgan fingerprint density at radius 2 is 1.96 bits per heavy atom. The molecule has 0 saturated heterocycles. The van der Waals surface area contributed by atoms with Gasteiger partial charge in [-0.3, -0.25) is 0 Å². The van der Waals surface area contributed by atoms with Gasteiger partial charge in [-0.2, -0.15) is 10.3 Å². The summed E-state index contributed by atoms with van der Waals surface area (Å²) < 4.78 is 17.3. The van der Waals surface area contributed by atoms with E-state index in [0.717, 1.165) is 17.3 Å². The highest BCUT2D eigenvalue weighted by Crippen LogP contribution is 2.40. The molecule has 1 heterocycles. The van der Waals surface area contributed by atoms with Crippen molar-refractivity contribution in [2.45, 2.75) is 33.6 Å². The number of unbranched alkanes of at least 4 members (excludes halogenated alkanes) is 1. The van der Waals surface area contributed by atoms with Crippen LogP contribution in [0.3, 0.4) is 0 Å². The molecule has 7 nitrogen and oxygen atoms in total. The zero-order valence-electron chi connectivity index (χ0n) is 14.6. The van der Waals surface area contributed by atoms with Gasteiger partial charge in [0.1, 0.15) is 5.69 Å². The van der Waals surface area contributed by atoms with Gasteiger partial charge in [0.25, 0.3) is 0 Å². The highest BCUT2D eigenvalue weighted by atomic mass is 79.9. The van der Waals surface area contributed by atoms with Crippen LogP contribution in [0, 0.1) is 0 Å². The van der Waals surface area contributed by atoms with Crippen molar-refractivity contribution in [2.24, 2.45) is 0 Å². The first-order chi connectivity index (χ1) is 12.1. The monoisotopic (exact) mass is 411 g/mol. The fraction of sp³-hybridized carbons (Fsp3) is 0.471. The Bertz CT molecular complexity index is 718. The lowest BCUT2D eigenvalue weighted by Gasteiger charge is -2.15. The Morgan fingerprint density at radius 1 is 1.16 bits per heavy atom. The van der Waals surface area contributed by atoms with Crippen LogP contribution in [0.25, 0.3) is 11.3 Å². The quantitative estimate of drug-likeness (QED) is 0.495. The average Bonchev–Trinajstić information content (AvgIpc) is 3.07. The summed E-state index contributed by atoms with van der Waals surface area (Å²) in [7, 11) is 0. The van der Waals surface area contributed by atoms with Crippen LogP contribution in [0.4, 0.5) is 0 Å². The Labute approximate surface area is 155 Å². The van der Waals surface area contributed by atoms with Gasteiger partial charge in [0.05, 0.1) is 24.3 Å². The molecule has 0 fully saturated rings. The van der Waals surface area contributed by atoms with E-state index in [1.165, 1.54) is 0 Å². The Balaban J connectivity index is 2.40. The number of hydrogen-bond donors (Lipinski definition) is 1. The van der Waals surface area contributed by atoms with Crippen LogP contribution >= 0.6 is 15.9 Å². The van der Waals surface area contributed by atoms with Crippen LogP contribution in [0.15, 0.2) is 16.6 Å². The standard InChI is InChI=1S/C17H22BrN3O4/c1-4-7-8-25-16-12(18)9-11(10-13(16)23-5-2)14-15(20-21-19-14)17(22)24-6-3/h9-10H,4-8H2,1-3H3,(H,19,20,21). The van der Waals surface area contributed by atoms with E-state index in [2.05, 4.69) is 38.3 Å². The second-order valence-electron chi connectivity index (χ2n) is 5.16. The second-order valence-corrected chi connectivity index (χ2v) is 6.02. The van der Waals surface area contributed by atoms with Crippen LogP contribution in [-0.4, -0.2) is 41.2 Å². The van der Waals surface area contributed by atoms with E-state index in [1.54, 1.807) is 13.0 Å². The maximum Gasteiger partial charge on any atom is 0.361 e. The molecule has 0 unspecified atom stereocenters. The molecule has 1 aromatic carbocycles. The van der Waals surface area contributed by atoms with Crippen molar-refractivity contribution in [2.75, 3.05) is 19.8 Å². The maximum atomic E-state index is 12.0. The number of hydrogen-bond acceptors (Lipinski definition) is 6. The molecule has 0 atom stereocenters. The number of aromatic amines is 1. The smallest absolute Gasteiger partial charge is 0.361 e. The van der Waals surface area contributed by atoms with Gasteiger partial charge in [-0.05, 0) is 48.3 Å². The first-order valence-electron chi connectivity index (χ1n) is 8.29. The van der Waals surface area contributed by atoms with Crippen molar-refractivity contribution >= 4 is 21.9 Å². The van der Waals surface area contributed by atoms with Gasteiger partial charge in [0, 0.05) is 5.56 Å². The number of H-pyrrole nitrogens is 1. The summed E-state index contributed by atoms with van der Waals surface area (Å²) in [5, 5.41) is 10.5. The van der Waals surface area contributed by atoms with Gasteiger partial charge < -0.3 is 14.2 Å². The molecule has 8 heteroatoms. The van der Waals surface area contributed by atoms with Crippen LogP contribution in [0.2, 0.25) is 0 Å². The van der Waals surface area contributed by atoms with Crippen LogP contribution < -0.4 is 9.47 Å². The van der Waals surface area contributed by atoms with Gasteiger partial charge in [-0.15, -0.1) is 5.10 Å². The predicted octanol–water partition coefficient (Wildman–Crippen LogP) is 3.99. The molecule has 0 aliphatic carbocycles. The molecule has 0 aliphatic heterocycles. The molecule has 0 amide bonds. The third-order valence-electron chi connectivity index (χ3n) is 3.34. The van der Waals surface area contributed by atoms with E-state index in [0.29, 0.717) is 36.0 Å². The summed E-state index contributed by atoms with van der Waals surface area (Å²) >= 11 is 3.52. The number of halogens is 1. The fourth-order valence-corrected chi connectivity index (χ4v) is 2.76. The molecule has 136 valence electrons. The summed E-state index contributed by atoms with van der Waals surface area (Å²) in [6, 6.07) is 3.61. The molecule has 0 bridgehead atoms. The molecule has 1 aromatic heterocycles. The lowest BCUT2D eigenvalue weighted by Crippen LogP contribution is -2.07. The zero-order valence-corrected chi connectivity index (χ0v) is 16.2. The second kappa shape index (κ2) is 9.41. The van der Waals surface area contributed by atoms with Gasteiger partial charge >= 0.3 is 5.97 Å². The van der Waals surface area contributed by atoms with Crippen molar-refractivity contribution in [1.29, 1.82) is 0 Å². The topological polar surface area (TPSA) is 86.3 Å². The summed E-state index contributed by atoms with van der Waals surface area (Å²) in [5.74, 6) is 0.699. The minimum atomic E-state index is -0.524. The Kier molecular flexibility index (Phi) is 7.24. The Morgan fingerprint density at radius 3 is 2.64 bits per heavy atom. The lowest BCUT2D eigenvalue weighted by atomic mass is 10.1. The molecule has 0 saturated carbocycles. The number of aromatic nitrogens is 3. The number of carbonyl (C=O) groups excluding carboxylic acids is 1. The van der Waals surface area contributed by atoms with Gasteiger partial charge in [-0.25, -0.2) is 4.79 Å². The van der Waals surface area contributed by atoms with Crippen LogP contribution in [0.1, 0.15) is 44.1 Å². The highest BCUT2D eigenvalue weighted by molar-refractivity contribution is 9.10. The van der Waals surface area contributed by atoms with E-state index >= 15 is 0 Å². The van der Waals surface area contributed by atoms with Gasteiger partial charge in [-0.1, -0.05) is 13.3 Å². The molecule has 25 heavy (non-hydrogen) atoms. The third-order valence-corrected chi connectivity index (χ3v) is 3.93. The number of nitrogens with zero attached hydrogens (tertiary/aromatic N) is 2. The largest absolute Gasteiger partial charge is 0.490 e. The van der Waals surface area contributed by atoms with Crippen LogP contribution in [-0.2, 0) is 4.74 Å². The van der Waals surface area contributed by atoms with E-state index in [9.17, 15) is 4.79 Å². The fourth-order valence-electron chi connectivity index (χ4n) is 2.20. The van der Waals surface area contributed by atoms with Crippen molar-refractivity contribution in [1.82, 2.24) is 15.4 Å².